The van der Waals surface area contributed by atoms with Crippen LogP contribution in [0.25, 0.3) is 0 Å². The molecule has 2 aromatic rings. The SMILES string of the molecule is CCC(N)C(Sc1ccncn1)c1ccccc1C. The quantitative estimate of drug-likeness (QED) is 0.670. The van der Waals surface area contributed by atoms with E-state index in [1.54, 1.807) is 24.3 Å². The Labute approximate surface area is 118 Å². The third-order valence-electron chi connectivity index (χ3n) is 3.16. The molecule has 2 rings (SSSR count). The minimum atomic E-state index is 0.112. The number of aryl methyl sites for hydroxylation is 1. The summed E-state index contributed by atoms with van der Waals surface area (Å²) < 4.78 is 0. The molecule has 0 aliphatic rings. The fourth-order valence-electron chi connectivity index (χ4n) is 1.98. The Bertz CT molecular complexity index is 516. The van der Waals surface area contributed by atoms with E-state index in [9.17, 15) is 0 Å². The number of rotatable bonds is 5. The molecule has 0 saturated heterocycles. The van der Waals surface area contributed by atoms with Crippen molar-refractivity contribution in [3.05, 3.63) is 54.0 Å². The van der Waals surface area contributed by atoms with Gasteiger partial charge in [0.2, 0.25) is 0 Å². The van der Waals surface area contributed by atoms with E-state index in [1.165, 1.54) is 11.1 Å². The largest absolute Gasteiger partial charge is 0.326 e. The second-order valence-corrected chi connectivity index (χ2v) is 5.68. The van der Waals surface area contributed by atoms with Crippen LogP contribution in [-0.4, -0.2) is 16.0 Å². The van der Waals surface area contributed by atoms with Crippen LogP contribution in [0.1, 0.15) is 29.7 Å². The summed E-state index contributed by atoms with van der Waals surface area (Å²) in [5.74, 6) is 0. The molecular formula is C15H19N3S. The van der Waals surface area contributed by atoms with Crippen molar-refractivity contribution in [2.45, 2.75) is 36.6 Å². The first-order valence-corrected chi connectivity index (χ1v) is 7.34. The summed E-state index contributed by atoms with van der Waals surface area (Å²) >= 11 is 1.71. The summed E-state index contributed by atoms with van der Waals surface area (Å²) in [5, 5.41) is 1.19. The number of nitrogens with zero attached hydrogens (tertiary/aromatic N) is 2. The van der Waals surface area contributed by atoms with Crippen LogP contribution in [0.15, 0.2) is 47.9 Å². The third-order valence-corrected chi connectivity index (χ3v) is 4.50. The predicted molar refractivity (Wildman–Crippen MR) is 80.1 cm³/mol. The highest BCUT2D eigenvalue weighted by Crippen LogP contribution is 2.38. The van der Waals surface area contributed by atoms with Crippen molar-refractivity contribution >= 4 is 11.8 Å². The van der Waals surface area contributed by atoms with Gasteiger partial charge in [0.05, 0.1) is 10.3 Å². The van der Waals surface area contributed by atoms with Gasteiger partial charge < -0.3 is 5.73 Å². The molecule has 0 fully saturated rings. The van der Waals surface area contributed by atoms with Crippen molar-refractivity contribution in [1.29, 1.82) is 0 Å². The van der Waals surface area contributed by atoms with Crippen molar-refractivity contribution in [1.82, 2.24) is 9.97 Å². The molecule has 0 aliphatic heterocycles. The molecule has 0 spiro atoms. The van der Waals surface area contributed by atoms with Crippen LogP contribution < -0.4 is 5.73 Å². The van der Waals surface area contributed by atoms with E-state index in [2.05, 4.69) is 48.1 Å². The number of nitrogens with two attached hydrogens (primary N) is 1. The number of thioether (sulfide) groups is 1. The molecule has 2 atom stereocenters. The summed E-state index contributed by atoms with van der Waals surface area (Å²) in [4.78, 5) is 8.24. The van der Waals surface area contributed by atoms with Crippen molar-refractivity contribution in [3.63, 3.8) is 0 Å². The van der Waals surface area contributed by atoms with Gasteiger partial charge in [-0.25, -0.2) is 9.97 Å². The lowest BCUT2D eigenvalue weighted by Gasteiger charge is -2.24. The van der Waals surface area contributed by atoms with Gasteiger partial charge in [-0.05, 0) is 30.5 Å². The highest BCUT2D eigenvalue weighted by Gasteiger charge is 2.21. The zero-order chi connectivity index (χ0) is 13.7. The van der Waals surface area contributed by atoms with Crippen LogP contribution >= 0.6 is 11.8 Å². The van der Waals surface area contributed by atoms with Gasteiger partial charge >= 0.3 is 0 Å². The molecular weight excluding hydrogens is 254 g/mol. The topological polar surface area (TPSA) is 51.8 Å². The molecule has 2 N–H and O–H groups in total. The third kappa shape index (κ3) is 3.55. The summed E-state index contributed by atoms with van der Waals surface area (Å²) in [6.45, 7) is 4.25. The van der Waals surface area contributed by atoms with E-state index in [1.807, 2.05) is 6.07 Å². The van der Waals surface area contributed by atoms with Gasteiger partial charge in [0.25, 0.3) is 0 Å². The molecule has 1 heterocycles. The lowest BCUT2D eigenvalue weighted by Crippen LogP contribution is -2.26. The van der Waals surface area contributed by atoms with Gasteiger partial charge in [-0.2, -0.15) is 0 Å². The fourth-order valence-corrected chi connectivity index (χ4v) is 3.25. The van der Waals surface area contributed by atoms with Crippen molar-refractivity contribution in [2.24, 2.45) is 5.73 Å². The van der Waals surface area contributed by atoms with Crippen molar-refractivity contribution < 1.29 is 0 Å². The average molecular weight is 273 g/mol. The van der Waals surface area contributed by atoms with E-state index in [4.69, 9.17) is 5.73 Å². The molecule has 4 heteroatoms. The second-order valence-electron chi connectivity index (χ2n) is 4.51. The summed E-state index contributed by atoms with van der Waals surface area (Å²) in [6, 6.07) is 10.5. The summed E-state index contributed by atoms with van der Waals surface area (Å²) in [6.07, 6.45) is 4.29. The molecule has 1 aromatic heterocycles. The molecule has 100 valence electrons. The number of aromatic nitrogens is 2. The van der Waals surface area contributed by atoms with Gasteiger partial charge in [-0.15, -0.1) is 0 Å². The molecule has 19 heavy (non-hydrogen) atoms. The van der Waals surface area contributed by atoms with Crippen LogP contribution in [0, 0.1) is 6.92 Å². The highest BCUT2D eigenvalue weighted by molar-refractivity contribution is 7.99. The maximum Gasteiger partial charge on any atom is 0.116 e. The van der Waals surface area contributed by atoms with E-state index in [0.29, 0.717) is 0 Å². The Hall–Kier alpha value is -1.39. The van der Waals surface area contributed by atoms with Crippen LogP contribution in [0.4, 0.5) is 0 Å². The number of hydrogen-bond acceptors (Lipinski definition) is 4. The Morgan fingerprint density at radius 1 is 1.26 bits per heavy atom. The normalized spacial score (nSPS) is 14.1. The summed E-state index contributed by atoms with van der Waals surface area (Å²) in [7, 11) is 0. The first kappa shape index (κ1) is 14.0. The van der Waals surface area contributed by atoms with E-state index in [0.717, 1.165) is 11.4 Å². The molecule has 3 nitrogen and oxygen atoms in total. The summed E-state index contributed by atoms with van der Waals surface area (Å²) in [5.41, 5.74) is 8.87. The van der Waals surface area contributed by atoms with Gasteiger partial charge in [-0.1, -0.05) is 43.0 Å². The lowest BCUT2D eigenvalue weighted by molar-refractivity contribution is 0.631. The molecule has 0 aliphatic carbocycles. The van der Waals surface area contributed by atoms with Crippen molar-refractivity contribution in [2.75, 3.05) is 0 Å². The van der Waals surface area contributed by atoms with Gasteiger partial charge in [0.15, 0.2) is 0 Å². The first-order chi connectivity index (χ1) is 9.22. The maximum absolute atomic E-state index is 6.30. The fraction of sp³-hybridized carbons (Fsp3) is 0.333. The number of benzene rings is 1. The van der Waals surface area contributed by atoms with Gasteiger partial charge in [0.1, 0.15) is 6.33 Å². The molecule has 0 saturated carbocycles. The van der Waals surface area contributed by atoms with Crippen LogP contribution in [0.3, 0.4) is 0 Å². The van der Waals surface area contributed by atoms with Crippen LogP contribution in [-0.2, 0) is 0 Å². The Kier molecular flexibility index (Phi) is 4.93. The smallest absolute Gasteiger partial charge is 0.116 e. The highest BCUT2D eigenvalue weighted by atomic mass is 32.2. The van der Waals surface area contributed by atoms with Gasteiger partial charge in [-0.3, -0.25) is 0 Å². The molecule has 1 aromatic carbocycles. The average Bonchev–Trinajstić information content (AvgIpc) is 2.46. The zero-order valence-corrected chi connectivity index (χ0v) is 12.1. The standard InChI is InChI=1S/C15H19N3S/c1-3-13(16)15(12-7-5-4-6-11(12)2)19-14-8-9-17-10-18-14/h4-10,13,15H,3,16H2,1-2H3. The monoisotopic (exact) mass is 273 g/mol. The molecule has 0 bridgehead atoms. The number of hydrogen-bond donors (Lipinski definition) is 1. The lowest BCUT2D eigenvalue weighted by atomic mass is 10.00. The Balaban J connectivity index is 2.29. The molecule has 0 radical (unpaired) electrons. The Morgan fingerprint density at radius 2 is 2.05 bits per heavy atom. The van der Waals surface area contributed by atoms with Crippen LogP contribution in [0.5, 0.6) is 0 Å². The second kappa shape index (κ2) is 6.68. The maximum atomic E-state index is 6.30. The van der Waals surface area contributed by atoms with E-state index < -0.39 is 0 Å². The van der Waals surface area contributed by atoms with Crippen molar-refractivity contribution in [3.8, 4) is 0 Å². The van der Waals surface area contributed by atoms with E-state index >= 15 is 0 Å². The predicted octanol–water partition coefficient (Wildman–Crippen LogP) is 3.36. The zero-order valence-electron chi connectivity index (χ0n) is 11.3. The molecule has 2 unspecified atom stereocenters. The molecule has 0 amide bonds. The Morgan fingerprint density at radius 3 is 2.68 bits per heavy atom. The van der Waals surface area contributed by atoms with Gasteiger partial charge in [0, 0.05) is 12.2 Å². The first-order valence-electron chi connectivity index (χ1n) is 6.46. The van der Waals surface area contributed by atoms with Crippen LogP contribution in [0.2, 0.25) is 0 Å². The minimum absolute atomic E-state index is 0.112. The minimum Gasteiger partial charge on any atom is -0.326 e. The van der Waals surface area contributed by atoms with E-state index in [-0.39, 0.29) is 11.3 Å².